The monoisotopic (exact) mass is 492 g/mol. The van der Waals surface area contributed by atoms with Crippen LogP contribution in [0.15, 0.2) is 48.7 Å². The lowest BCUT2D eigenvalue weighted by Crippen LogP contribution is -2.21. The Morgan fingerprint density at radius 2 is 1.67 bits per heavy atom. The van der Waals surface area contributed by atoms with E-state index in [2.05, 4.69) is 53.4 Å². The Balaban J connectivity index is 1.27. The Hall–Kier alpha value is -2.33. The third-order valence-corrected chi connectivity index (χ3v) is 7.20. The van der Waals surface area contributed by atoms with Gasteiger partial charge in [0.1, 0.15) is 5.75 Å². The molecule has 36 heavy (non-hydrogen) atoms. The van der Waals surface area contributed by atoms with Crippen LogP contribution in [0.25, 0.3) is 10.9 Å². The van der Waals surface area contributed by atoms with Gasteiger partial charge in [0, 0.05) is 30.1 Å². The lowest BCUT2D eigenvalue weighted by Gasteiger charge is -2.14. The van der Waals surface area contributed by atoms with E-state index in [0.717, 1.165) is 49.6 Å². The molecule has 1 saturated heterocycles. The maximum Gasteiger partial charge on any atom is 0.311 e. The Morgan fingerprint density at radius 1 is 0.944 bits per heavy atom. The molecule has 0 amide bonds. The van der Waals surface area contributed by atoms with Gasteiger partial charge in [0.05, 0.1) is 0 Å². The van der Waals surface area contributed by atoms with Crippen molar-refractivity contribution in [2.24, 2.45) is 0 Å². The van der Waals surface area contributed by atoms with Crippen LogP contribution >= 0.6 is 0 Å². The fourth-order valence-electron chi connectivity index (χ4n) is 5.04. The summed E-state index contributed by atoms with van der Waals surface area (Å²) in [5.74, 6) is 0.595. The molecule has 0 atom stereocenters. The van der Waals surface area contributed by atoms with Crippen LogP contribution in [-0.2, 0) is 11.2 Å². The van der Waals surface area contributed by atoms with E-state index in [1.165, 1.54) is 76.4 Å². The average Bonchev–Trinajstić information content (AvgIpc) is 3.55. The summed E-state index contributed by atoms with van der Waals surface area (Å²) < 4.78 is 5.83. The van der Waals surface area contributed by atoms with Gasteiger partial charge in [-0.25, -0.2) is 0 Å². The number of carbonyl (C=O) groups is 1. The van der Waals surface area contributed by atoms with Crippen LogP contribution in [0.3, 0.4) is 0 Å². The molecule has 4 nitrogen and oxygen atoms in total. The second-order valence-corrected chi connectivity index (χ2v) is 10.2. The van der Waals surface area contributed by atoms with Crippen LogP contribution in [-0.4, -0.2) is 35.5 Å². The number of ether oxygens (including phenoxy) is 1. The minimum Gasteiger partial charge on any atom is -0.426 e. The van der Waals surface area contributed by atoms with Crippen LogP contribution in [0.5, 0.6) is 5.75 Å². The molecule has 0 bridgehead atoms. The zero-order valence-corrected chi connectivity index (χ0v) is 22.6. The molecule has 0 aliphatic carbocycles. The first-order chi connectivity index (χ1) is 17.8. The van der Waals surface area contributed by atoms with Gasteiger partial charge in [0.15, 0.2) is 0 Å². The minimum absolute atomic E-state index is 0.111. The van der Waals surface area contributed by atoms with E-state index in [0.29, 0.717) is 12.2 Å². The highest BCUT2D eigenvalue weighted by atomic mass is 16.5. The van der Waals surface area contributed by atoms with E-state index < -0.39 is 0 Å². The van der Waals surface area contributed by atoms with Crippen LogP contribution in [0.1, 0.15) is 102 Å². The molecular weight excluding hydrogens is 444 g/mol. The number of nitrogens with zero attached hydrogens (tertiary/aromatic N) is 1. The number of likely N-dealkylation sites (tertiary alicyclic amines) is 1. The Bertz CT molecular complexity index is 937. The van der Waals surface area contributed by atoms with Crippen molar-refractivity contribution in [2.45, 2.75) is 103 Å². The number of nitrogens with one attached hydrogen (secondary N) is 1. The summed E-state index contributed by atoms with van der Waals surface area (Å²) in [6, 6.07) is 5.96. The molecule has 1 N–H and O–H groups in total. The van der Waals surface area contributed by atoms with Gasteiger partial charge in [-0.3, -0.25) is 4.79 Å². The zero-order chi connectivity index (χ0) is 25.3. The summed E-state index contributed by atoms with van der Waals surface area (Å²) in [7, 11) is 0. The Kier molecular flexibility index (Phi) is 13.5. The Morgan fingerprint density at radius 3 is 2.44 bits per heavy atom. The van der Waals surface area contributed by atoms with Crippen molar-refractivity contribution < 1.29 is 9.53 Å². The van der Waals surface area contributed by atoms with Crippen molar-refractivity contribution in [3.05, 3.63) is 54.3 Å². The lowest BCUT2D eigenvalue weighted by molar-refractivity contribution is -0.134. The highest BCUT2D eigenvalue weighted by Crippen LogP contribution is 2.30. The molecule has 1 aliphatic rings. The number of fused-ring (bicyclic) bond motifs is 1. The minimum atomic E-state index is -0.111. The van der Waals surface area contributed by atoms with E-state index in [-0.39, 0.29) is 5.97 Å². The topological polar surface area (TPSA) is 45.3 Å². The number of hydrogen-bond acceptors (Lipinski definition) is 3. The highest BCUT2D eigenvalue weighted by molar-refractivity contribution is 5.91. The number of unbranched alkanes of at least 4 members (excludes halogenated alkanes) is 8. The number of H-pyrrole nitrogens is 1. The number of rotatable bonds is 18. The summed E-state index contributed by atoms with van der Waals surface area (Å²) in [6.07, 6.45) is 28.4. The highest BCUT2D eigenvalue weighted by Gasteiger charge is 2.15. The van der Waals surface area contributed by atoms with Crippen molar-refractivity contribution in [2.75, 3.05) is 19.6 Å². The first-order valence-electron chi connectivity index (χ1n) is 14.6. The van der Waals surface area contributed by atoms with Crippen LogP contribution in [0.2, 0.25) is 0 Å². The third kappa shape index (κ3) is 10.3. The standard InChI is InChI=1S/C32H48N2O2/c1-2-3-4-5-6-7-8-9-10-11-12-13-14-15-16-22-31(35)36-30-21-19-20-29-32(30)28(27-33-29)23-26-34-24-17-18-25-34/h6-7,9-10,19-21,27,33H,2-5,8,11-18,22-26H2,1H3/b7-6-,10-9-. The van der Waals surface area contributed by atoms with Gasteiger partial charge < -0.3 is 14.6 Å². The lowest BCUT2D eigenvalue weighted by atomic mass is 10.1. The van der Waals surface area contributed by atoms with E-state index in [1.807, 2.05) is 12.1 Å². The molecule has 0 unspecified atom stereocenters. The molecule has 1 aromatic heterocycles. The first-order valence-corrected chi connectivity index (χ1v) is 14.6. The second kappa shape index (κ2) is 17.2. The normalized spacial score (nSPS) is 14.6. The second-order valence-electron chi connectivity index (χ2n) is 10.2. The number of aromatic amines is 1. The maximum absolute atomic E-state index is 12.5. The van der Waals surface area contributed by atoms with Crippen molar-refractivity contribution in [3.8, 4) is 5.75 Å². The number of aromatic nitrogens is 1. The van der Waals surface area contributed by atoms with Gasteiger partial charge in [-0.1, -0.05) is 69.4 Å². The SMILES string of the molecule is CCCCC/C=C\C/C=C\CCCCCCCC(=O)Oc1cccc2[nH]cc(CCN3CCCC3)c12. The van der Waals surface area contributed by atoms with Crippen molar-refractivity contribution in [1.29, 1.82) is 0 Å². The zero-order valence-electron chi connectivity index (χ0n) is 22.6. The fraction of sp³-hybridized carbons (Fsp3) is 0.594. The van der Waals surface area contributed by atoms with Crippen molar-refractivity contribution in [3.63, 3.8) is 0 Å². The van der Waals surface area contributed by atoms with Gasteiger partial charge in [-0.2, -0.15) is 0 Å². The van der Waals surface area contributed by atoms with Gasteiger partial charge >= 0.3 is 5.97 Å². The first kappa shape index (κ1) is 28.2. The maximum atomic E-state index is 12.5. The predicted molar refractivity (Wildman–Crippen MR) is 153 cm³/mol. The van der Waals surface area contributed by atoms with Gasteiger partial charge in [0.2, 0.25) is 0 Å². The van der Waals surface area contributed by atoms with E-state index in [4.69, 9.17) is 4.74 Å². The van der Waals surface area contributed by atoms with Gasteiger partial charge in [-0.05, 0) is 88.6 Å². The summed E-state index contributed by atoms with van der Waals surface area (Å²) in [5.41, 5.74) is 2.30. The van der Waals surface area contributed by atoms with Crippen LogP contribution in [0, 0.1) is 0 Å². The molecule has 0 spiro atoms. The fourth-order valence-corrected chi connectivity index (χ4v) is 5.04. The number of carbonyl (C=O) groups excluding carboxylic acids is 1. The molecule has 0 radical (unpaired) electrons. The number of esters is 1. The molecule has 1 fully saturated rings. The molecule has 4 heteroatoms. The third-order valence-electron chi connectivity index (χ3n) is 7.20. The van der Waals surface area contributed by atoms with Crippen molar-refractivity contribution in [1.82, 2.24) is 9.88 Å². The van der Waals surface area contributed by atoms with Crippen LogP contribution in [0.4, 0.5) is 0 Å². The van der Waals surface area contributed by atoms with Gasteiger partial charge in [0.25, 0.3) is 0 Å². The molecule has 3 rings (SSSR count). The quantitative estimate of drug-likeness (QED) is 0.0981. The van der Waals surface area contributed by atoms with Gasteiger partial charge in [-0.15, -0.1) is 0 Å². The molecule has 2 heterocycles. The summed E-state index contributed by atoms with van der Waals surface area (Å²) >= 11 is 0. The van der Waals surface area contributed by atoms with E-state index in [1.54, 1.807) is 0 Å². The number of allylic oxidation sites excluding steroid dienone is 4. The molecule has 2 aromatic rings. The predicted octanol–water partition coefficient (Wildman–Crippen LogP) is 8.53. The van der Waals surface area contributed by atoms with E-state index >= 15 is 0 Å². The summed E-state index contributed by atoms with van der Waals surface area (Å²) in [5, 5.41) is 1.07. The average molecular weight is 493 g/mol. The van der Waals surface area contributed by atoms with Crippen LogP contribution < -0.4 is 4.74 Å². The Labute approximate surface area is 219 Å². The molecule has 198 valence electrons. The van der Waals surface area contributed by atoms with E-state index in [9.17, 15) is 4.79 Å². The number of benzene rings is 1. The number of hydrogen-bond donors (Lipinski definition) is 1. The summed E-state index contributed by atoms with van der Waals surface area (Å²) in [4.78, 5) is 18.4. The molecular formula is C32H48N2O2. The molecule has 1 aromatic carbocycles. The molecule has 0 saturated carbocycles. The van der Waals surface area contributed by atoms with Crippen molar-refractivity contribution >= 4 is 16.9 Å². The largest absolute Gasteiger partial charge is 0.426 e. The summed E-state index contributed by atoms with van der Waals surface area (Å²) in [6.45, 7) is 5.73. The smallest absolute Gasteiger partial charge is 0.311 e. The molecule has 1 aliphatic heterocycles.